The summed E-state index contributed by atoms with van der Waals surface area (Å²) in [6, 6.07) is 12.7. The molecule has 2 aromatic carbocycles. The lowest BCUT2D eigenvalue weighted by Crippen LogP contribution is -2.36. The first-order valence-electron chi connectivity index (χ1n) is 7.40. The number of hydrogen-bond donors (Lipinski definition) is 3. The first-order chi connectivity index (χ1) is 11.6. The molecule has 0 atom stereocenters. The van der Waals surface area contributed by atoms with Crippen molar-refractivity contribution in [1.82, 2.24) is 5.32 Å². The highest BCUT2D eigenvalue weighted by Crippen LogP contribution is 2.17. The van der Waals surface area contributed by atoms with Gasteiger partial charge in [0.1, 0.15) is 17.3 Å². The molecule has 2 amide bonds. The van der Waals surface area contributed by atoms with Crippen LogP contribution in [0.3, 0.4) is 0 Å². The van der Waals surface area contributed by atoms with E-state index in [4.69, 9.17) is 0 Å². The summed E-state index contributed by atoms with van der Waals surface area (Å²) in [5, 5.41) is 7.47. The van der Waals surface area contributed by atoms with E-state index in [0.29, 0.717) is 13.0 Å². The van der Waals surface area contributed by atoms with Gasteiger partial charge in [0.25, 0.3) is 0 Å². The second-order valence-electron chi connectivity index (χ2n) is 4.95. The van der Waals surface area contributed by atoms with Crippen molar-refractivity contribution in [3.05, 3.63) is 60.2 Å². The number of halogens is 2. The van der Waals surface area contributed by atoms with Gasteiger partial charge in [-0.05, 0) is 30.7 Å². The van der Waals surface area contributed by atoms with E-state index < -0.39 is 29.1 Å². The molecule has 126 valence electrons. The van der Waals surface area contributed by atoms with Crippen molar-refractivity contribution in [1.29, 1.82) is 0 Å². The molecule has 2 aromatic rings. The SMILES string of the molecule is O=C(NCCCNc1ccccc1)C(=O)Nc1c(F)cccc1F. The van der Waals surface area contributed by atoms with E-state index in [1.807, 2.05) is 35.6 Å². The molecule has 7 heteroatoms. The molecule has 3 N–H and O–H groups in total. The Bertz CT molecular complexity index is 688. The zero-order chi connectivity index (χ0) is 17.4. The summed E-state index contributed by atoms with van der Waals surface area (Å²) >= 11 is 0. The number of hydrogen-bond acceptors (Lipinski definition) is 3. The van der Waals surface area contributed by atoms with Crippen LogP contribution in [0.25, 0.3) is 0 Å². The van der Waals surface area contributed by atoms with Crippen LogP contribution in [0.2, 0.25) is 0 Å². The molecule has 0 unspecified atom stereocenters. The number of benzene rings is 2. The van der Waals surface area contributed by atoms with Crippen molar-refractivity contribution >= 4 is 23.2 Å². The average Bonchev–Trinajstić information content (AvgIpc) is 2.58. The Morgan fingerprint density at radius 1 is 0.833 bits per heavy atom. The standard InChI is InChI=1S/C17H17F2N3O2/c18-13-8-4-9-14(19)15(13)22-17(24)16(23)21-11-5-10-20-12-6-2-1-3-7-12/h1-4,6-9,20H,5,10-11H2,(H,21,23)(H,22,24). The van der Waals surface area contributed by atoms with Crippen LogP contribution in [0.1, 0.15) is 6.42 Å². The molecule has 5 nitrogen and oxygen atoms in total. The predicted molar refractivity (Wildman–Crippen MR) is 87.5 cm³/mol. The lowest BCUT2D eigenvalue weighted by molar-refractivity contribution is -0.136. The van der Waals surface area contributed by atoms with Gasteiger partial charge in [-0.15, -0.1) is 0 Å². The number of carbonyl (C=O) groups is 2. The molecular weight excluding hydrogens is 316 g/mol. The minimum Gasteiger partial charge on any atom is -0.385 e. The number of rotatable bonds is 6. The molecule has 0 saturated carbocycles. The number of amides is 2. The third-order valence-electron chi connectivity index (χ3n) is 3.15. The summed E-state index contributed by atoms with van der Waals surface area (Å²) in [6.07, 6.45) is 0.585. The molecule has 0 heterocycles. The van der Waals surface area contributed by atoms with Crippen molar-refractivity contribution in [2.75, 3.05) is 23.7 Å². The zero-order valence-corrected chi connectivity index (χ0v) is 12.8. The molecule has 0 aliphatic rings. The lowest BCUT2D eigenvalue weighted by Gasteiger charge is -2.09. The van der Waals surface area contributed by atoms with Gasteiger partial charge in [-0.1, -0.05) is 24.3 Å². The van der Waals surface area contributed by atoms with Gasteiger partial charge >= 0.3 is 11.8 Å². The summed E-state index contributed by atoms with van der Waals surface area (Å²) in [5.74, 6) is -3.95. The number of carbonyl (C=O) groups excluding carboxylic acids is 2. The molecule has 0 saturated heterocycles. The first kappa shape index (κ1) is 17.4. The smallest absolute Gasteiger partial charge is 0.313 e. The van der Waals surface area contributed by atoms with Gasteiger partial charge < -0.3 is 16.0 Å². The lowest BCUT2D eigenvalue weighted by atomic mass is 10.3. The Morgan fingerprint density at radius 2 is 1.50 bits per heavy atom. The first-order valence-corrected chi connectivity index (χ1v) is 7.40. The van der Waals surface area contributed by atoms with Gasteiger partial charge in [-0.3, -0.25) is 9.59 Å². The molecule has 0 spiro atoms. The molecule has 0 aliphatic carbocycles. The van der Waals surface area contributed by atoms with E-state index >= 15 is 0 Å². The van der Waals surface area contributed by atoms with Gasteiger partial charge in [0, 0.05) is 18.8 Å². The van der Waals surface area contributed by atoms with Gasteiger partial charge in [-0.25, -0.2) is 8.78 Å². The summed E-state index contributed by atoms with van der Waals surface area (Å²) < 4.78 is 26.8. The van der Waals surface area contributed by atoms with Crippen LogP contribution in [0.15, 0.2) is 48.5 Å². The fourth-order valence-corrected chi connectivity index (χ4v) is 1.95. The van der Waals surface area contributed by atoms with Crippen LogP contribution in [0, 0.1) is 11.6 Å². The van der Waals surface area contributed by atoms with Gasteiger partial charge in [0.15, 0.2) is 0 Å². The quantitative estimate of drug-likeness (QED) is 0.562. The predicted octanol–water partition coefficient (Wildman–Crippen LogP) is 2.52. The summed E-state index contributed by atoms with van der Waals surface area (Å²) in [6.45, 7) is 0.861. The summed E-state index contributed by atoms with van der Waals surface area (Å²) in [5.41, 5.74) is 0.319. The van der Waals surface area contributed by atoms with Crippen LogP contribution in [-0.2, 0) is 9.59 Å². The Kier molecular flexibility index (Phi) is 6.24. The fourth-order valence-electron chi connectivity index (χ4n) is 1.95. The Labute approximate surface area is 138 Å². The molecular formula is C17H17F2N3O2. The van der Waals surface area contributed by atoms with Crippen LogP contribution in [0.4, 0.5) is 20.2 Å². The van der Waals surface area contributed by atoms with E-state index in [1.54, 1.807) is 0 Å². The highest BCUT2D eigenvalue weighted by atomic mass is 19.1. The van der Waals surface area contributed by atoms with Crippen LogP contribution >= 0.6 is 0 Å². The monoisotopic (exact) mass is 333 g/mol. The maximum Gasteiger partial charge on any atom is 0.313 e. The molecule has 0 aromatic heterocycles. The minimum atomic E-state index is -1.12. The minimum absolute atomic E-state index is 0.256. The highest BCUT2D eigenvalue weighted by Gasteiger charge is 2.17. The zero-order valence-electron chi connectivity index (χ0n) is 12.8. The van der Waals surface area contributed by atoms with E-state index in [-0.39, 0.29) is 6.54 Å². The molecule has 24 heavy (non-hydrogen) atoms. The summed E-state index contributed by atoms with van der Waals surface area (Å²) in [7, 11) is 0. The van der Waals surface area contributed by atoms with Crippen molar-refractivity contribution in [3.8, 4) is 0 Å². The molecule has 0 fully saturated rings. The highest BCUT2D eigenvalue weighted by molar-refractivity contribution is 6.39. The van der Waals surface area contributed by atoms with Gasteiger partial charge in [0.05, 0.1) is 0 Å². The molecule has 0 radical (unpaired) electrons. The Balaban J connectivity index is 1.71. The second-order valence-corrected chi connectivity index (χ2v) is 4.95. The molecule has 2 rings (SSSR count). The largest absolute Gasteiger partial charge is 0.385 e. The van der Waals surface area contributed by atoms with Crippen molar-refractivity contribution in [2.24, 2.45) is 0 Å². The van der Waals surface area contributed by atoms with E-state index in [2.05, 4.69) is 10.6 Å². The Hall–Kier alpha value is -2.96. The number of nitrogens with one attached hydrogen (secondary N) is 3. The molecule has 0 bridgehead atoms. The Morgan fingerprint density at radius 3 is 2.17 bits per heavy atom. The van der Waals surface area contributed by atoms with Gasteiger partial charge in [0.2, 0.25) is 0 Å². The van der Waals surface area contributed by atoms with Crippen molar-refractivity contribution in [3.63, 3.8) is 0 Å². The maximum absolute atomic E-state index is 13.4. The van der Waals surface area contributed by atoms with Crippen LogP contribution < -0.4 is 16.0 Å². The summed E-state index contributed by atoms with van der Waals surface area (Å²) in [4.78, 5) is 23.2. The van der Waals surface area contributed by atoms with E-state index in [9.17, 15) is 18.4 Å². The number of para-hydroxylation sites is 2. The van der Waals surface area contributed by atoms with E-state index in [0.717, 1.165) is 17.8 Å². The second kappa shape index (κ2) is 8.61. The van der Waals surface area contributed by atoms with Gasteiger partial charge in [-0.2, -0.15) is 0 Å². The van der Waals surface area contributed by atoms with E-state index in [1.165, 1.54) is 6.07 Å². The average molecular weight is 333 g/mol. The normalized spacial score (nSPS) is 10.1. The van der Waals surface area contributed by atoms with Crippen LogP contribution in [-0.4, -0.2) is 24.9 Å². The number of anilines is 2. The topological polar surface area (TPSA) is 70.2 Å². The third-order valence-corrected chi connectivity index (χ3v) is 3.15. The van der Waals surface area contributed by atoms with Crippen LogP contribution in [0.5, 0.6) is 0 Å². The van der Waals surface area contributed by atoms with Crippen molar-refractivity contribution in [2.45, 2.75) is 6.42 Å². The maximum atomic E-state index is 13.4. The van der Waals surface area contributed by atoms with Crippen molar-refractivity contribution < 1.29 is 18.4 Å². The third kappa shape index (κ3) is 5.05. The fraction of sp³-hybridized carbons (Fsp3) is 0.176. The molecule has 0 aliphatic heterocycles.